The number of nitrogens with zero attached hydrogens (tertiary/aromatic N) is 6. The third-order valence-corrected chi connectivity index (χ3v) is 4.97. The Kier molecular flexibility index (Phi) is 4.30. The van der Waals surface area contributed by atoms with Crippen molar-refractivity contribution in [2.45, 2.75) is 13.3 Å². The minimum Gasteiger partial charge on any atom is -0.454 e. The van der Waals surface area contributed by atoms with Crippen LogP contribution in [0.5, 0.6) is 11.5 Å². The normalized spacial score (nSPS) is 11.1. The number of rotatable bonds is 4. The Morgan fingerprint density at radius 1 is 1.23 bits per heavy atom. The van der Waals surface area contributed by atoms with Crippen LogP contribution in [0.25, 0.3) is 21.5 Å². The zero-order chi connectivity index (χ0) is 20.7. The molecule has 0 aliphatic rings. The molecule has 1 N–H and O–H groups in total. The Labute approximate surface area is 175 Å². The fourth-order valence-electron chi connectivity index (χ4n) is 3.30. The van der Waals surface area contributed by atoms with Crippen molar-refractivity contribution in [3.63, 3.8) is 0 Å². The second kappa shape index (κ2) is 7.13. The molecule has 5 aromatic rings. The van der Waals surface area contributed by atoms with Crippen LogP contribution in [0.15, 0.2) is 48.8 Å². The predicted octanol–water partition coefficient (Wildman–Crippen LogP) is 4.90. The number of aryl methyl sites for hydroxylation is 1. The molecule has 8 nitrogen and oxygen atoms in total. The van der Waals surface area contributed by atoms with Crippen LogP contribution in [0.3, 0.4) is 0 Å². The first kappa shape index (κ1) is 18.1. The van der Waals surface area contributed by atoms with Gasteiger partial charge in [-0.25, -0.2) is 9.83 Å². The van der Waals surface area contributed by atoms with Gasteiger partial charge < -0.3 is 4.74 Å². The summed E-state index contributed by atoms with van der Waals surface area (Å²) in [5, 5.41) is 17.4. The first-order valence-corrected chi connectivity index (χ1v) is 9.47. The number of hydrogen-bond donors (Lipinski definition) is 1. The first-order valence-electron chi connectivity index (χ1n) is 9.09. The van der Waals surface area contributed by atoms with Crippen molar-refractivity contribution in [3.05, 3.63) is 82.3 Å². The molecule has 30 heavy (non-hydrogen) atoms. The number of hydrogen-bond acceptors (Lipinski definition) is 5. The largest absolute Gasteiger partial charge is 0.454 e. The van der Waals surface area contributed by atoms with Gasteiger partial charge in [-0.1, -0.05) is 11.6 Å². The van der Waals surface area contributed by atoms with E-state index in [-0.39, 0.29) is 0 Å². The second-order valence-electron chi connectivity index (χ2n) is 6.74. The number of nitrogens with one attached hydrogen (secondary N) is 1. The lowest BCUT2D eigenvalue weighted by Crippen LogP contribution is -1.99. The van der Waals surface area contributed by atoms with Crippen molar-refractivity contribution >= 4 is 34.0 Å². The van der Waals surface area contributed by atoms with E-state index in [0.717, 1.165) is 28.1 Å². The van der Waals surface area contributed by atoms with E-state index in [1.54, 1.807) is 24.4 Å². The molecule has 0 fully saturated rings. The van der Waals surface area contributed by atoms with Gasteiger partial charge in [-0.05, 0) is 48.9 Å². The molecule has 0 amide bonds. The third-order valence-electron chi connectivity index (χ3n) is 4.75. The molecule has 5 rings (SSSR count). The van der Waals surface area contributed by atoms with E-state index in [9.17, 15) is 0 Å². The summed E-state index contributed by atoms with van der Waals surface area (Å²) in [6.07, 6.45) is 4.11. The van der Waals surface area contributed by atoms with Gasteiger partial charge in [0.2, 0.25) is 5.65 Å². The molecule has 146 valence electrons. The van der Waals surface area contributed by atoms with Gasteiger partial charge in [0.25, 0.3) is 0 Å². The third kappa shape index (κ3) is 3.11. The molecule has 0 saturated carbocycles. The lowest BCUT2D eigenvalue weighted by Gasteiger charge is -2.11. The molecule has 1 aromatic carbocycles. The monoisotopic (exact) mass is 415 g/mol. The van der Waals surface area contributed by atoms with E-state index < -0.39 is 0 Å². The zero-order valence-electron chi connectivity index (χ0n) is 15.8. The fraction of sp³-hybridized carbons (Fsp3) is 0.0952. The van der Waals surface area contributed by atoms with Crippen LogP contribution in [0.1, 0.15) is 17.1 Å². The number of pyridine rings is 2. The lowest BCUT2D eigenvalue weighted by atomic mass is 10.2. The highest BCUT2D eigenvalue weighted by Crippen LogP contribution is 2.33. The highest BCUT2D eigenvalue weighted by molar-refractivity contribution is 6.31. The first-order chi connectivity index (χ1) is 14.6. The molecule has 0 aliphatic carbocycles. The van der Waals surface area contributed by atoms with Crippen LogP contribution in [0.4, 0.5) is 5.69 Å². The highest BCUT2D eigenvalue weighted by atomic mass is 35.5. The van der Waals surface area contributed by atoms with Crippen molar-refractivity contribution in [2.75, 3.05) is 0 Å². The molecule has 0 spiro atoms. The Bertz CT molecular complexity index is 1450. The summed E-state index contributed by atoms with van der Waals surface area (Å²) >= 11 is 6.11. The van der Waals surface area contributed by atoms with Gasteiger partial charge in [-0.2, -0.15) is 5.10 Å². The molecule has 0 bridgehead atoms. The maximum absolute atomic E-state index is 7.22. The van der Waals surface area contributed by atoms with Crippen molar-refractivity contribution < 1.29 is 4.74 Å². The second-order valence-corrected chi connectivity index (χ2v) is 7.18. The number of H-pyrrole nitrogens is 1. The van der Waals surface area contributed by atoms with Gasteiger partial charge >= 0.3 is 0 Å². The average Bonchev–Trinajstić information content (AvgIpc) is 3.34. The number of aromatic nitrogens is 6. The maximum Gasteiger partial charge on any atom is 0.204 e. The number of aromatic amines is 1. The van der Waals surface area contributed by atoms with E-state index in [1.165, 1.54) is 0 Å². The van der Waals surface area contributed by atoms with Gasteiger partial charge in [0, 0.05) is 22.8 Å². The summed E-state index contributed by atoms with van der Waals surface area (Å²) in [6, 6.07) is 10.7. The Morgan fingerprint density at radius 3 is 3.00 bits per heavy atom. The Hall–Kier alpha value is -3.96. The minimum atomic E-state index is 0.406. The van der Waals surface area contributed by atoms with Crippen molar-refractivity contribution in [1.82, 2.24) is 29.8 Å². The van der Waals surface area contributed by atoms with E-state index in [1.807, 2.05) is 35.7 Å². The topological polar surface area (TPSA) is 85.4 Å². The average molecular weight is 416 g/mol. The molecule has 4 aromatic heterocycles. The van der Waals surface area contributed by atoms with Crippen molar-refractivity contribution in [1.29, 1.82) is 0 Å². The van der Waals surface area contributed by atoms with Crippen LogP contribution < -0.4 is 4.74 Å². The quantitative estimate of drug-likeness (QED) is 0.422. The fourth-order valence-corrected chi connectivity index (χ4v) is 3.52. The molecule has 0 radical (unpaired) electrons. The zero-order valence-corrected chi connectivity index (χ0v) is 16.6. The summed E-state index contributed by atoms with van der Waals surface area (Å²) in [5.74, 6) is 1.75. The number of halogens is 1. The van der Waals surface area contributed by atoms with Gasteiger partial charge in [-0.15, -0.1) is 10.2 Å². The van der Waals surface area contributed by atoms with E-state index in [4.69, 9.17) is 22.9 Å². The van der Waals surface area contributed by atoms with Crippen molar-refractivity contribution in [2.24, 2.45) is 0 Å². The van der Waals surface area contributed by atoms with E-state index >= 15 is 0 Å². The van der Waals surface area contributed by atoms with Gasteiger partial charge in [-0.3, -0.25) is 9.50 Å². The minimum absolute atomic E-state index is 0.406. The Balaban J connectivity index is 1.55. The van der Waals surface area contributed by atoms with Crippen molar-refractivity contribution in [3.8, 4) is 11.5 Å². The maximum atomic E-state index is 7.22. The smallest absolute Gasteiger partial charge is 0.204 e. The summed E-state index contributed by atoms with van der Waals surface area (Å²) in [4.78, 5) is 7.70. The number of fused-ring (bicyclic) bond motifs is 2. The summed E-state index contributed by atoms with van der Waals surface area (Å²) < 4.78 is 7.96. The summed E-state index contributed by atoms with van der Waals surface area (Å²) in [5.41, 5.74) is 3.44. The molecular formula is C21H14ClN7O. The highest BCUT2D eigenvalue weighted by Gasteiger charge is 2.17. The molecule has 9 heteroatoms. The van der Waals surface area contributed by atoms with Gasteiger partial charge in [0.05, 0.1) is 18.7 Å². The molecule has 0 aliphatic heterocycles. The van der Waals surface area contributed by atoms with E-state index in [2.05, 4.69) is 30.2 Å². The van der Waals surface area contributed by atoms with Gasteiger partial charge in [0.1, 0.15) is 11.6 Å². The van der Waals surface area contributed by atoms with E-state index in [0.29, 0.717) is 34.3 Å². The SMILES string of the molecule is [C-]#[N+]c1cc(Cl)cc(Oc2c(C)ccn3c(Cc4n[nH]c5ncccc45)nnc23)c1. The predicted molar refractivity (Wildman–Crippen MR) is 112 cm³/mol. The standard InChI is InChI=1S/C21H14ClN7O/c1-12-5-7-29-18(11-17-16-4-3-6-24-20(16)27-25-17)26-28-21(29)19(12)30-15-9-13(22)8-14(10-15)23-2/h3-10H,11H2,1H3,(H,24,25,27). The molecule has 0 saturated heterocycles. The van der Waals surface area contributed by atoms with Crippen LogP contribution in [0.2, 0.25) is 5.02 Å². The summed E-state index contributed by atoms with van der Waals surface area (Å²) in [6.45, 7) is 9.14. The lowest BCUT2D eigenvalue weighted by molar-refractivity contribution is 0.481. The van der Waals surface area contributed by atoms with Crippen LogP contribution in [-0.4, -0.2) is 29.8 Å². The molecule has 0 unspecified atom stereocenters. The summed E-state index contributed by atoms with van der Waals surface area (Å²) in [7, 11) is 0. The number of ether oxygens (including phenoxy) is 1. The number of benzene rings is 1. The van der Waals surface area contributed by atoms with Crippen LogP contribution in [0, 0.1) is 13.5 Å². The van der Waals surface area contributed by atoms with Gasteiger partial charge in [0.15, 0.2) is 17.1 Å². The Morgan fingerprint density at radius 2 is 2.13 bits per heavy atom. The van der Waals surface area contributed by atoms with Crippen LogP contribution in [-0.2, 0) is 6.42 Å². The van der Waals surface area contributed by atoms with Crippen LogP contribution >= 0.6 is 11.6 Å². The molecule has 0 atom stereocenters. The molecule has 4 heterocycles. The molecular weight excluding hydrogens is 402 g/mol.